The first-order valence-electron chi connectivity index (χ1n) is 7.94. The predicted molar refractivity (Wildman–Crippen MR) is 94.2 cm³/mol. The molecule has 24 heavy (non-hydrogen) atoms. The van der Waals surface area contributed by atoms with Crippen LogP contribution in [0.2, 0.25) is 0 Å². The Kier molecular flexibility index (Phi) is 3.87. The van der Waals surface area contributed by atoms with E-state index < -0.39 is 11.9 Å². The number of imidazole rings is 1. The highest BCUT2D eigenvalue weighted by atomic mass is 16.4. The van der Waals surface area contributed by atoms with E-state index in [1.54, 1.807) is 6.92 Å². The predicted octanol–water partition coefficient (Wildman–Crippen LogP) is 3.75. The van der Waals surface area contributed by atoms with Crippen LogP contribution in [0.1, 0.15) is 35.5 Å². The SMILES string of the molecule is Cc1ccc(-c2c(C(C)C(=O)O)c(C)nc3c2nc(C)n3C)cc1. The molecule has 0 amide bonds. The summed E-state index contributed by atoms with van der Waals surface area (Å²) in [6, 6.07) is 8.10. The number of rotatable bonds is 3. The molecule has 1 unspecified atom stereocenters. The number of aromatic nitrogens is 3. The van der Waals surface area contributed by atoms with Gasteiger partial charge in [0.2, 0.25) is 0 Å². The molecule has 0 fully saturated rings. The molecule has 0 aliphatic carbocycles. The lowest BCUT2D eigenvalue weighted by Crippen LogP contribution is -2.12. The van der Waals surface area contributed by atoms with Gasteiger partial charge in [0.1, 0.15) is 11.3 Å². The molecule has 1 N–H and O–H groups in total. The number of benzene rings is 1. The van der Waals surface area contributed by atoms with Gasteiger partial charge >= 0.3 is 5.97 Å². The summed E-state index contributed by atoms with van der Waals surface area (Å²) in [5.41, 5.74) is 6.00. The van der Waals surface area contributed by atoms with Crippen molar-refractivity contribution in [2.24, 2.45) is 7.05 Å². The smallest absolute Gasteiger partial charge is 0.310 e. The molecule has 0 bridgehead atoms. The molecular weight excluding hydrogens is 302 g/mol. The largest absolute Gasteiger partial charge is 0.481 e. The lowest BCUT2D eigenvalue weighted by molar-refractivity contribution is -0.138. The van der Waals surface area contributed by atoms with Gasteiger partial charge in [0, 0.05) is 18.3 Å². The van der Waals surface area contributed by atoms with E-state index in [1.807, 2.05) is 56.7 Å². The van der Waals surface area contributed by atoms with Crippen LogP contribution in [0.4, 0.5) is 0 Å². The first-order chi connectivity index (χ1) is 11.3. The Labute approximate surface area is 141 Å². The van der Waals surface area contributed by atoms with Crippen molar-refractivity contribution in [2.45, 2.75) is 33.6 Å². The topological polar surface area (TPSA) is 68.0 Å². The Morgan fingerprint density at radius 3 is 2.33 bits per heavy atom. The van der Waals surface area contributed by atoms with Crippen molar-refractivity contribution >= 4 is 17.1 Å². The zero-order valence-corrected chi connectivity index (χ0v) is 14.6. The molecular formula is C19H21N3O2. The van der Waals surface area contributed by atoms with Crippen LogP contribution >= 0.6 is 0 Å². The van der Waals surface area contributed by atoms with E-state index in [0.29, 0.717) is 0 Å². The Bertz CT molecular complexity index is 940. The van der Waals surface area contributed by atoms with Gasteiger partial charge in [0.25, 0.3) is 0 Å². The maximum Gasteiger partial charge on any atom is 0.310 e. The van der Waals surface area contributed by atoms with E-state index in [-0.39, 0.29) is 0 Å². The van der Waals surface area contributed by atoms with Crippen molar-refractivity contribution in [3.05, 3.63) is 46.9 Å². The summed E-state index contributed by atoms with van der Waals surface area (Å²) in [4.78, 5) is 20.9. The minimum atomic E-state index is -0.861. The van der Waals surface area contributed by atoms with Crippen LogP contribution in [0.5, 0.6) is 0 Å². The second kappa shape index (κ2) is 5.74. The third kappa shape index (κ3) is 2.46. The summed E-state index contributed by atoms with van der Waals surface area (Å²) in [6.07, 6.45) is 0. The van der Waals surface area contributed by atoms with Crippen molar-refractivity contribution in [1.29, 1.82) is 0 Å². The van der Waals surface area contributed by atoms with E-state index in [2.05, 4.69) is 9.97 Å². The number of aliphatic carboxylic acids is 1. The quantitative estimate of drug-likeness (QED) is 0.797. The van der Waals surface area contributed by atoms with Crippen LogP contribution in [-0.2, 0) is 11.8 Å². The molecule has 124 valence electrons. The summed E-state index contributed by atoms with van der Waals surface area (Å²) in [6.45, 7) is 7.53. The fraction of sp³-hybridized carbons (Fsp3) is 0.316. The Hall–Kier alpha value is -2.69. The first kappa shape index (κ1) is 16.2. The number of hydrogen-bond donors (Lipinski definition) is 1. The fourth-order valence-electron chi connectivity index (χ4n) is 3.09. The van der Waals surface area contributed by atoms with Gasteiger partial charge in [-0.15, -0.1) is 0 Å². The molecule has 2 aromatic heterocycles. The number of carbonyl (C=O) groups is 1. The number of hydrogen-bond acceptors (Lipinski definition) is 3. The second-order valence-corrected chi connectivity index (χ2v) is 6.30. The third-order valence-corrected chi connectivity index (χ3v) is 4.60. The highest BCUT2D eigenvalue weighted by Crippen LogP contribution is 2.37. The molecule has 0 aliphatic heterocycles. The summed E-state index contributed by atoms with van der Waals surface area (Å²) in [7, 11) is 1.93. The van der Waals surface area contributed by atoms with E-state index >= 15 is 0 Å². The molecule has 1 atom stereocenters. The second-order valence-electron chi connectivity index (χ2n) is 6.30. The van der Waals surface area contributed by atoms with Crippen molar-refractivity contribution in [3.63, 3.8) is 0 Å². The molecule has 5 heteroatoms. The van der Waals surface area contributed by atoms with E-state index in [1.165, 1.54) is 0 Å². The Balaban J connectivity index is 2.45. The number of nitrogens with zero attached hydrogens (tertiary/aromatic N) is 3. The average molecular weight is 323 g/mol. The highest BCUT2D eigenvalue weighted by molar-refractivity contribution is 5.95. The van der Waals surface area contributed by atoms with Crippen molar-refractivity contribution in [3.8, 4) is 11.1 Å². The molecule has 0 saturated carbocycles. The number of fused-ring (bicyclic) bond motifs is 1. The van der Waals surface area contributed by atoms with Crippen LogP contribution < -0.4 is 0 Å². The molecule has 0 saturated heterocycles. The summed E-state index contributed by atoms with van der Waals surface area (Å²) in [5.74, 6) is -0.661. The summed E-state index contributed by atoms with van der Waals surface area (Å²) in [5, 5.41) is 9.55. The zero-order chi connectivity index (χ0) is 17.6. The Morgan fingerprint density at radius 2 is 1.75 bits per heavy atom. The van der Waals surface area contributed by atoms with Crippen molar-refractivity contribution < 1.29 is 9.90 Å². The van der Waals surface area contributed by atoms with Crippen molar-refractivity contribution in [1.82, 2.24) is 14.5 Å². The van der Waals surface area contributed by atoms with E-state index in [0.717, 1.165) is 44.9 Å². The highest BCUT2D eigenvalue weighted by Gasteiger charge is 2.25. The van der Waals surface area contributed by atoms with Crippen LogP contribution in [-0.4, -0.2) is 25.6 Å². The molecule has 2 heterocycles. The molecule has 5 nitrogen and oxygen atoms in total. The van der Waals surface area contributed by atoms with Crippen LogP contribution in [0.15, 0.2) is 24.3 Å². The van der Waals surface area contributed by atoms with Gasteiger partial charge in [-0.05, 0) is 38.8 Å². The van der Waals surface area contributed by atoms with Gasteiger partial charge in [-0.3, -0.25) is 4.79 Å². The summed E-state index contributed by atoms with van der Waals surface area (Å²) >= 11 is 0. The number of carboxylic acid groups (broad SMARTS) is 1. The molecule has 3 rings (SSSR count). The van der Waals surface area contributed by atoms with Crippen molar-refractivity contribution in [2.75, 3.05) is 0 Å². The maximum atomic E-state index is 11.6. The molecule has 0 spiro atoms. The monoisotopic (exact) mass is 323 g/mol. The minimum Gasteiger partial charge on any atom is -0.481 e. The zero-order valence-electron chi connectivity index (χ0n) is 14.6. The average Bonchev–Trinajstić information content (AvgIpc) is 2.81. The lowest BCUT2D eigenvalue weighted by atomic mass is 9.89. The van der Waals surface area contributed by atoms with Gasteiger partial charge in [-0.25, -0.2) is 9.97 Å². The maximum absolute atomic E-state index is 11.6. The number of pyridine rings is 1. The molecule has 0 aliphatic rings. The molecule has 3 aromatic rings. The van der Waals surface area contributed by atoms with Crippen LogP contribution in [0.3, 0.4) is 0 Å². The molecule has 0 radical (unpaired) electrons. The normalized spacial score (nSPS) is 12.5. The molecule has 1 aromatic carbocycles. The summed E-state index contributed by atoms with van der Waals surface area (Å²) < 4.78 is 1.94. The first-order valence-corrected chi connectivity index (χ1v) is 7.94. The van der Waals surface area contributed by atoms with Gasteiger partial charge in [0.05, 0.1) is 5.92 Å². The van der Waals surface area contributed by atoms with Crippen LogP contribution in [0, 0.1) is 20.8 Å². The van der Waals surface area contributed by atoms with E-state index in [4.69, 9.17) is 0 Å². The third-order valence-electron chi connectivity index (χ3n) is 4.60. The minimum absolute atomic E-state index is 0.652. The lowest BCUT2D eigenvalue weighted by Gasteiger charge is -2.17. The Morgan fingerprint density at radius 1 is 1.12 bits per heavy atom. The van der Waals surface area contributed by atoms with Gasteiger partial charge in [0.15, 0.2) is 5.65 Å². The van der Waals surface area contributed by atoms with Gasteiger partial charge in [-0.1, -0.05) is 29.8 Å². The van der Waals surface area contributed by atoms with Gasteiger partial charge < -0.3 is 9.67 Å². The van der Waals surface area contributed by atoms with Crippen LogP contribution in [0.25, 0.3) is 22.3 Å². The standard InChI is InChI=1S/C19H21N3O2/c1-10-6-8-14(9-7-10)16-15(11(2)19(23)24)12(3)20-18-17(16)21-13(4)22(18)5/h6-9,11H,1-5H3,(H,23,24). The van der Waals surface area contributed by atoms with Gasteiger partial charge in [-0.2, -0.15) is 0 Å². The fourth-order valence-corrected chi connectivity index (χ4v) is 3.09. The number of aryl methyl sites for hydroxylation is 4. The van der Waals surface area contributed by atoms with E-state index in [9.17, 15) is 9.90 Å². The number of carboxylic acids is 1.